The number of carbonyl (C=O) groups is 2. The summed E-state index contributed by atoms with van der Waals surface area (Å²) in [6.07, 6.45) is 2.83. The average Bonchev–Trinajstić information content (AvgIpc) is 3.35. The van der Waals surface area contributed by atoms with Crippen LogP contribution in [0.15, 0.2) is 64.8 Å². The monoisotopic (exact) mass is 390 g/mol. The summed E-state index contributed by atoms with van der Waals surface area (Å²) < 4.78 is 5.04. The number of aliphatic hydroxyl groups is 1. The number of hydrogen-bond acceptors (Lipinski definition) is 5. The van der Waals surface area contributed by atoms with Crippen LogP contribution in [0, 0.1) is 0 Å². The molecular formula is C18H15ClN2O4S. The van der Waals surface area contributed by atoms with Crippen molar-refractivity contribution in [1.29, 1.82) is 0 Å². The number of rotatable bonds is 5. The zero-order chi connectivity index (χ0) is 18.6. The van der Waals surface area contributed by atoms with Crippen LogP contribution in [0.4, 0.5) is 5.69 Å². The maximum absolute atomic E-state index is 12.1. The van der Waals surface area contributed by atoms with Gasteiger partial charge in [0.1, 0.15) is 5.60 Å². The standard InChI is InChI=1S/C18H15ClN2O4S/c19-13-4-1-2-5-14(13)21-17(23)16(22)20-11-18(24,12-7-8-25-10-12)15-6-3-9-26-15/h1-10,24H,11H2,(H,20,22)(H,21,23)/t18-/m0/s1. The second-order valence-corrected chi connectivity index (χ2v) is 6.82. The molecule has 1 aromatic carbocycles. The molecule has 0 saturated heterocycles. The van der Waals surface area contributed by atoms with Crippen molar-refractivity contribution in [3.8, 4) is 0 Å². The van der Waals surface area contributed by atoms with E-state index >= 15 is 0 Å². The van der Waals surface area contributed by atoms with Crippen molar-refractivity contribution < 1.29 is 19.1 Å². The molecule has 3 N–H and O–H groups in total. The molecule has 0 aliphatic rings. The molecule has 0 unspecified atom stereocenters. The van der Waals surface area contributed by atoms with Crippen LogP contribution in [0.2, 0.25) is 5.02 Å². The predicted octanol–water partition coefficient (Wildman–Crippen LogP) is 2.99. The Balaban J connectivity index is 1.70. The van der Waals surface area contributed by atoms with Gasteiger partial charge >= 0.3 is 11.8 Å². The second kappa shape index (κ2) is 7.74. The van der Waals surface area contributed by atoms with Crippen LogP contribution >= 0.6 is 22.9 Å². The molecule has 2 amide bonds. The maximum Gasteiger partial charge on any atom is 0.313 e. The fourth-order valence-corrected chi connectivity index (χ4v) is 3.40. The van der Waals surface area contributed by atoms with Gasteiger partial charge in [-0.1, -0.05) is 29.8 Å². The van der Waals surface area contributed by atoms with Crippen molar-refractivity contribution in [2.24, 2.45) is 0 Å². The van der Waals surface area contributed by atoms with Gasteiger partial charge in [-0.25, -0.2) is 0 Å². The summed E-state index contributed by atoms with van der Waals surface area (Å²) in [6.45, 7) is -0.193. The van der Waals surface area contributed by atoms with Crippen LogP contribution in [0.25, 0.3) is 0 Å². The van der Waals surface area contributed by atoms with Gasteiger partial charge in [0.15, 0.2) is 0 Å². The molecule has 26 heavy (non-hydrogen) atoms. The maximum atomic E-state index is 12.1. The lowest BCUT2D eigenvalue weighted by Gasteiger charge is -2.26. The summed E-state index contributed by atoms with van der Waals surface area (Å²) in [5.74, 6) is -1.76. The number of carbonyl (C=O) groups excluding carboxylic acids is 2. The molecule has 0 spiro atoms. The molecular weight excluding hydrogens is 376 g/mol. The molecule has 134 valence electrons. The van der Waals surface area contributed by atoms with E-state index in [0.717, 1.165) is 0 Å². The number of amides is 2. The Morgan fingerprint density at radius 3 is 2.62 bits per heavy atom. The van der Waals surface area contributed by atoms with E-state index in [1.807, 2.05) is 5.38 Å². The topological polar surface area (TPSA) is 91.6 Å². The zero-order valence-electron chi connectivity index (χ0n) is 13.4. The normalized spacial score (nSPS) is 13.0. The third-order valence-corrected chi connectivity index (χ3v) is 5.11. The molecule has 3 rings (SSSR count). The number of nitrogens with one attached hydrogen (secondary N) is 2. The summed E-state index contributed by atoms with van der Waals surface area (Å²) in [5.41, 5.74) is -0.689. The highest BCUT2D eigenvalue weighted by Gasteiger charge is 2.35. The smallest absolute Gasteiger partial charge is 0.313 e. The number of furan rings is 1. The molecule has 0 radical (unpaired) electrons. The van der Waals surface area contributed by atoms with Gasteiger partial charge in [0, 0.05) is 10.4 Å². The summed E-state index contributed by atoms with van der Waals surface area (Å²) in [7, 11) is 0. The molecule has 2 aromatic heterocycles. The Morgan fingerprint density at radius 1 is 1.15 bits per heavy atom. The van der Waals surface area contributed by atoms with Crippen molar-refractivity contribution in [1.82, 2.24) is 5.32 Å². The number of para-hydroxylation sites is 1. The van der Waals surface area contributed by atoms with Gasteiger partial charge in [-0.15, -0.1) is 11.3 Å². The Kier molecular flexibility index (Phi) is 5.41. The molecule has 2 heterocycles. The van der Waals surface area contributed by atoms with Crippen LogP contribution in [-0.2, 0) is 15.2 Å². The molecule has 0 fully saturated rings. The molecule has 0 aliphatic carbocycles. The van der Waals surface area contributed by atoms with Crippen LogP contribution < -0.4 is 10.6 Å². The first-order chi connectivity index (χ1) is 12.5. The largest absolute Gasteiger partial charge is 0.472 e. The van der Waals surface area contributed by atoms with E-state index in [1.165, 1.54) is 23.9 Å². The highest BCUT2D eigenvalue weighted by Crippen LogP contribution is 2.32. The fraction of sp³-hybridized carbons (Fsp3) is 0.111. The van der Waals surface area contributed by atoms with Gasteiger partial charge in [0.25, 0.3) is 0 Å². The Hall–Kier alpha value is -2.61. The minimum absolute atomic E-state index is 0.193. The second-order valence-electron chi connectivity index (χ2n) is 5.47. The Labute approximate surface area is 158 Å². The van der Waals surface area contributed by atoms with Gasteiger partial charge in [-0.3, -0.25) is 9.59 Å². The van der Waals surface area contributed by atoms with E-state index in [-0.39, 0.29) is 6.54 Å². The van der Waals surface area contributed by atoms with Crippen LogP contribution in [0.1, 0.15) is 10.4 Å². The van der Waals surface area contributed by atoms with E-state index in [1.54, 1.807) is 42.5 Å². The van der Waals surface area contributed by atoms with Crippen molar-refractivity contribution in [2.75, 3.05) is 11.9 Å². The van der Waals surface area contributed by atoms with E-state index in [2.05, 4.69) is 10.6 Å². The Bertz CT molecular complexity index is 860. The predicted molar refractivity (Wildman–Crippen MR) is 99.1 cm³/mol. The number of anilines is 1. The minimum atomic E-state index is -1.50. The molecule has 0 aliphatic heterocycles. The lowest BCUT2D eigenvalue weighted by Crippen LogP contribution is -2.44. The molecule has 1 atom stereocenters. The number of benzene rings is 1. The van der Waals surface area contributed by atoms with Gasteiger partial charge in [-0.2, -0.15) is 0 Å². The van der Waals surface area contributed by atoms with Gasteiger partial charge in [-0.05, 0) is 29.6 Å². The van der Waals surface area contributed by atoms with Crippen molar-refractivity contribution in [3.05, 3.63) is 75.8 Å². The minimum Gasteiger partial charge on any atom is -0.472 e. The molecule has 0 bridgehead atoms. The Morgan fingerprint density at radius 2 is 1.96 bits per heavy atom. The molecule has 3 aromatic rings. The third-order valence-electron chi connectivity index (χ3n) is 3.76. The molecule has 8 heteroatoms. The fourth-order valence-electron chi connectivity index (χ4n) is 2.38. The number of halogens is 1. The van der Waals surface area contributed by atoms with Gasteiger partial charge < -0.3 is 20.2 Å². The number of hydrogen-bond donors (Lipinski definition) is 3. The first-order valence-corrected chi connectivity index (χ1v) is 8.89. The van der Waals surface area contributed by atoms with Crippen LogP contribution in [0.5, 0.6) is 0 Å². The van der Waals surface area contributed by atoms with Crippen molar-refractivity contribution in [2.45, 2.75) is 5.60 Å². The number of thiophene rings is 1. The van der Waals surface area contributed by atoms with Crippen molar-refractivity contribution >= 4 is 40.4 Å². The highest BCUT2D eigenvalue weighted by molar-refractivity contribution is 7.10. The van der Waals surface area contributed by atoms with E-state index < -0.39 is 17.4 Å². The zero-order valence-corrected chi connectivity index (χ0v) is 15.0. The van der Waals surface area contributed by atoms with Crippen LogP contribution in [-0.4, -0.2) is 23.5 Å². The van der Waals surface area contributed by atoms with E-state index in [4.69, 9.17) is 16.0 Å². The summed E-state index contributed by atoms with van der Waals surface area (Å²) >= 11 is 7.29. The van der Waals surface area contributed by atoms with E-state index in [0.29, 0.717) is 21.2 Å². The summed E-state index contributed by atoms with van der Waals surface area (Å²) in [4.78, 5) is 24.8. The SMILES string of the molecule is O=C(NC[C@](O)(c1ccoc1)c1cccs1)C(=O)Nc1ccccc1Cl. The van der Waals surface area contributed by atoms with Gasteiger partial charge in [0.05, 0.1) is 29.8 Å². The average molecular weight is 391 g/mol. The van der Waals surface area contributed by atoms with Crippen molar-refractivity contribution in [3.63, 3.8) is 0 Å². The van der Waals surface area contributed by atoms with Crippen LogP contribution in [0.3, 0.4) is 0 Å². The summed E-state index contributed by atoms with van der Waals surface area (Å²) in [5, 5.41) is 18.1. The first kappa shape index (κ1) is 18.2. The highest BCUT2D eigenvalue weighted by atomic mass is 35.5. The molecule has 0 saturated carbocycles. The lowest BCUT2D eigenvalue weighted by molar-refractivity contribution is -0.136. The lowest BCUT2D eigenvalue weighted by atomic mass is 9.94. The van der Waals surface area contributed by atoms with E-state index in [9.17, 15) is 14.7 Å². The third kappa shape index (κ3) is 3.80. The van der Waals surface area contributed by atoms with Gasteiger partial charge in [0.2, 0.25) is 0 Å². The molecule has 6 nitrogen and oxygen atoms in total. The first-order valence-electron chi connectivity index (χ1n) is 7.63. The quantitative estimate of drug-likeness (QED) is 0.584. The summed E-state index contributed by atoms with van der Waals surface area (Å²) in [6, 6.07) is 11.7.